The highest BCUT2D eigenvalue weighted by atomic mass is 32.2. The minimum Gasteiger partial charge on any atom is -0.252 e. The standard InChI is InChI=1S/C6H11F2NOS/c7-6(8)3-1-5(2-4-6)11(9)10/h5H,1-4,9H2. The molecule has 0 spiro atoms. The number of rotatable bonds is 1. The topological polar surface area (TPSA) is 43.1 Å². The molecule has 5 heteroatoms. The molecule has 2 nitrogen and oxygen atoms in total. The fourth-order valence-electron chi connectivity index (χ4n) is 1.25. The van der Waals surface area contributed by atoms with Crippen LogP contribution in [0.25, 0.3) is 0 Å². The molecule has 0 heterocycles. The SMILES string of the molecule is NS(=O)C1CCC(F)(F)CC1. The van der Waals surface area contributed by atoms with Crippen molar-refractivity contribution in [3.8, 4) is 0 Å². The monoisotopic (exact) mass is 183 g/mol. The molecule has 1 unspecified atom stereocenters. The van der Waals surface area contributed by atoms with Gasteiger partial charge in [0, 0.05) is 18.1 Å². The quantitative estimate of drug-likeness (QED) is 0.652. The Morgan fingerprint density at radius 2 is 1.82 bits per heavy atom. The summed E-state index contributed by atoms with van der Waals surface area (Å²) >= 11 is 0. The summed E-state index contributed by atoms with van der Waals surface area (Å²) in [7, 11) is -1.42. The fourth-order valence-corrected chi connectivity index (χ4v) is 1.95. The van der Waals surface area contributed by atoms with Crippen LogP contribution in [0.15, 0.2) is 0 Å². The zero-order valence-electron chi connectivity index (χ0n) is 6.06. The summed E-state index contributed by atoms with van der Waals surface area (Å²) in [6, 6.07) is 0. The van der Waals surface area contributed by atoms with Gasteiger partial charge < -0.3 is 0 Å². The number of nitrogens with two attached hydrogens (primary N) is 1. The van der Waals surface area contributed by atoms with Crippen molar-refractivity contribution >= 4 is 11.0 Å². The van der Waals surface area contributed by atoms with E-state index in [0.29, 0.717) is 0 Å². The number of halogens is 2. The summed E-state index contributed by atoms with van der Waals surface area (Å²) in [4.78, 5) is 0. The van der Waals surface area contributed by atoms with E-state index < -0.39 is 16.9 Å². The van der Waals surface area contributed by atoms with E-state index in [1.807, 2.05) is 0 Å². The Bertz CT molecular complexity index is 164. The zero-order valence-corrected chi connectivity index (χ0v) is 6.87. The average Bonchev–Trinajstić information content (AvgIpc) is 1.86. The average molecular weight is 183 g/mol. The minimum absolute atomic E-state index is 0.166. The molecule has 0 radical (unpaired) electrons. The summed E-state index contributed by atoms with van der Waals surface area (Å²) in [5.74, 6) is -2.55. The van der Waals surface area contributed by atoms with Crippen molar-refractivity contribution in [3.05, 3.63) is 0 Å². The Hall–Kier alpha value is -0.0300. The normalized spacial score (nSPS) is 28.3. The molecule has 11 heavy (non-hydrogen) atoms. The van der Waals surface area contributed by atoms with Gasteiger partial charge in [-0.15, -0.1) is 0 Å². The van der Waals surface area contributed by atoms with Crippen molar-refractivity contribution in [2.24, 2.45) is 5.14 Å². The first-order valence-electron chi connectivity index (χ1n) is 3.54. The van der Waals surface area contributed by atoms with Crippen molar-refractivity contribution in [3.63, 3.8) is 0 Å². The summed E-state index contributed by atoms with van der Waals surface area (Å²) in [6.45, 7) is 0. The summed E-state index contributed by atoms with van der Waals surface area (Å²) in [5.41, 5.74) is 0. The first-order valence-corrected chi connectivity index (χ1v) is 4.82. The second-order valence-electron chi connectivity index (χ2n) is 2.88. The van der Waals surface area contributed by atoms with E-state index in [1.165, 1.54) is 0 Å². The van der Waals surface area contributed by atoms with E-state index in [0.717, 1.165) is 0 Å². The third-order valence-corrected chi connectivity index (χ3v) is 3.12. The van der Waals surface area contributed by atoms with E-state index in [4.69, 9.17) is 5.14 Å². The molecular weight excluding hydrogens is 172 g/mol. The Morgan fingerprint density at radius 3 is 2.18 bits per heavy atom. The maximum atomic E-state index is 12.5. The van der Waals surface area contributed by atoms with Gasteiger partial charge in [0.1, 0.15) is 0 Å². The summed E-state index contributed by atoms with van der Waals surface area (Å²) in [5, 5.41) is 4.87. The van der Waals surface area contributed by atoms with Crippen LogP contribution < -0.4 is 5.14 Å². The molecule has 66 valence electrons. The fraction of sp³-hybridized carbons (Fsp3) is 1.00. The lowest BCUT2D eigenvalue weighted by atomic mass is 9.96. The van der Waals surface area contributed by atoms with E-state index in [-0.39, 0.29) is 30.9 Å². The van der Waals surface area contributed by atoms with Crippen LogP contribution in [-0.2, 0) is 11.0 Å². The third kappa shape index (κ3) is 2.48. The molecule has 0 aliphatic heterocycles. The van der Waals surface area contributed by atoms with Crippen molar-refractivity contribution in [2.45, 2.75) is 36.9 Å². The number of alkyl halides is 2. The lowest BCUT2D eigenvalue weighted by Gasteiger charge is -2.26. The summed E-state index contributed by atoms with van der Waals surface area (Å²) < 4.78 is 35.7. The third-order valence-electron chi connectivity index (χ3n) is 1.99. The van der Waals surface area contributed by atoms with Crippen molar-refractivity contribution in [1.82, 2.24) is 0 Å². The smallest absolute Gasteiger partial charge is 0.248 e. The summed E-state index contributed by atoms with van der Waals surface area (Å²) in [6.07, 6.45) is 0.243. The van der Waals surface area contributed by atoms with Crippen LogP contribution in [0.3, 0.4) is 0 Å². The molecule has 1 atom stereocenters. The van der Waals surface area contributed by atoms with E-state index >= 15 is 0 Å². The van der Waals surface area contributed by atoms with Crippen LogP contribution in [0.1, 0.15) is 25.7 Å². The molecule has 0 aromatic heterocycles. The molecule has 0 bridgehead atoms. The van der Waals surface area contributed by atoms with Crippen LogP contribution in [0.5, 0.6) is 0 Å². The highest BCUT2D eigenvalue weighted by molar-refractivity contribution is 7.83. The van der Waals surface area contributed by atoms with Gasteiger partial charge in [-0.25, -0.2) is 13.0 Å². The molecule has 1 rings (SSSR count). The zero-order chi connectivity index (χ0) is 8.48. The van der Waals surface area contributed by atoms with Crippen molar-refractivity contribution in [1.29, 1.82) is 0 Å². The van der Waals surface area contributed by atoms with Gasteiger partial charge in [0.2, 0.25) is 5.92 Å². The van der Waals surface area contributed by atoms with Gasteiger partial charge in [-0.3, -0.25) is 5.14 Å². The highest BCUT2D eigenvalue weighted by Crippen LogP contribution is 2.34. The van der Waals surface area contributed by atoms with Gasteiger partial charge in [0.15, 0.2) is 0 Å². The first kappa shape index (κ1) is 9.06. The number of hydrogen-bond acceptors (Lipinski definition) is 1. The molecule has 2 N–H and O–H groups in total. The second kappa shape index (κ2) is 3.15. The second-order valence-corrected chi connectivity index (χ2v) is 4.21. The molecule has 0 aromatic carbocycles. The van der Waals surface area contributed by atoms with Gasteiger partial charge >= 0.3 is 0 Å². The first-order chi connectivity index (χ1) is 5.01. The molecule has 1 fully saturated rings. The largest absolute Gasteiger partial charge is 0.252 e. The molecule has 1 aliphatic carbocycles. The van der Waals surface area contributed by atoms with Gasteiger partial charge in [-0.2, -0.15) is 0 Å². The Balaban J connectivity index is 2.42. The highest BCUT2D eigenvalue weighted by Gasteiger charge is 2.36. The van der Waals surface area contributed by atoms with Crippen LogP contribution >= 0.6 is 0 Å². The predicted molar refractivity (Wildman–Crippen MR) is 39.5 cm³/mol. The number of hydrogen-bond donors (Lipinski definition) is 1. The van der Waals surface area contributed by atoms with Crippen LogP contribution in [-0.4, -0.2) is 15.4 Å². The molecule has 0 saturated heterocycles. The Morgan fingerprint density at radius 1 is 1.36 bits per heavy atom. The molecule has 0 aromatic rings. The van der Waals surface area contributed by atoms with Crippen LogP contribution in [0.2, 0.25) is 0 Å². The Kier molecular flexibility index (Phi) is 2.59. The van der Waals surface area contributed by atoms with Gasteiger partial charge in [-0.05, 0) is 12.8 Å². The van der Waals surface area contributed by atoms with Crippen LogP contribution in [0.4, 0.5) is 8.78 Å². The lowest BCUT2D eigenvalue weighted by molar-refractivity contribution is -0.0326. The van der Waals surface area contributed by atoms with Gasteiger partial charge in [-0.1, -0.05) is 0 Å². The Labute approximate surface area is 66.7 Å². The molecule has 0 amide bonds. The van der Waals surface area contributed by atoms with Crippen LogP contribution in [0, 0.1) is 0 Å². The predicted octanol–water partition coefficient (Wildman–Crippen LogP) is 1.19. The van der Waals surface area contributed by atoms with Crippen molar-refractivity contribution in [2.75, 3.05) is 0 Å². The molecule has 1 saturated carbocycles. The lowest BCUT2D eigenvalue weighted by Crippen LogP contribution is -2.32. The molecular formula is C6H11F2NOS. The molecule has 1 aliphatic rings. The maximum Gasteiger partial charge on any atom is 0.248 e. The van der Waals surface area contributed by atoms with Crippen molar-refractivity contribution < 1.29 is 13.0 Å². The van der Waals surface area contributed by atoms with E-state index in [2.05, 4.69) is 0 Å². The maximum absolute atomic E-state index is 12.5. The van der Waals surface area contributed by atoms with Gasteiger partial charge in [0.05, 0.1) is 11.0 Å². The van der Waals surface area contributed by atoms with Gasteiger partial charge in [0.25, 0.3) is 0 Å². The van der Waals surface area contributed by atoms with E-state index in [9.17, 15) is 13.0 Å². The van der Waals surface area contributed by atoms with E-state index in [1.54, 1.807) is 0 Å². The minimum atomic E-state index is -2.55.